The van der Waals surface area contributed by atoms with E-state index in [0.717, 1.165) is 0 Å². The Kier molecular flexibility index (Phi) is 5.31. The van der Waals surface area contributed by atoms with Gasteiger partial charge in [0.25, 0.3) is 5.91 Å². The summed E-state index contributed by atoms with van der Waals surface area (Å²) in [5, 5.41) is 0. The molecule has 28 heavy (non-hydrogen) atoms. The number of alkyl halides is 3. The Morgan fingerprint density at radius 3 is 2.50 bits per heavy atom. The number of hydrogen-bond acceptors (Lipinski definition) is 4. The van der Waals surface area contributed by atoms with Crippen LogP contribution in [-0.2, 0) is 23.4 Å². The van der Waals surface area contributed by atoms with Gasteiger partial charge >= 0.3 is 6.61 Å². The van der Waals surface area contributed by atoms with Crippen LogP contribution in [0.5, 0.6) is 5.75 Å². The number of carbonyl (C=O) groups excluding carboxylic acids is 1. The minimum absolute atomic E-state index is 0.0154. The summed E-state index contributed by atoms with van der Waals surface area (Å²) in [6.07, 6.45) is 0.402. The molecule has 2 N–H and O–H groups in total. The normalized spacial score (nSPS) is 19.3. The fourth-order valence-electron chi connectivity index (χ4n) is 3.36. The van der Waals surface area contributed by atoms with E-state index in [1.807, 2.05) is 0 Å². The number of nitrogens with zero attached hydrogens (tertiary/aromatic N) is 2. The Morgan fingerprint density at radius 1 is 1.21 bits per heavy atom. The van der Waals surface area contributed by atoms with E-state index in [1.165, 1.54) is 24.1 Å². The molecule has 1 unspecified atom stereocenters. The van der Waals surface area contributed by atoms with Gasteiger partial charge in [-0.25, -0.2) is 9.38 Å². The van der Waals surface area contributed by atoms with Gasteiger partial charge in [-0.1, -0.05) is 31.2 Å². The number of guanidine groups is 1. The third-order valence-electron chi connectivity index (χ3n) is 4.81. The number of rotatable bonds is 6. The molecule has 3 rings (SSSR count). The van der Waals surface area contributed by atoms with E-state index >= 15 is 0 Å². The molecule has 0 aliphatic carbocycles. The number of amides is 1. The average molecular weight is 391 g/mol. The summed E-state index contributed by atoms with van der Waals surface area (Å²) in [6, 6.07) is 11.0. The first-order valence-corrected chi connectivity index (χ1v) is 8.70. The SMILES string of the molecule is CCc1cc(C2(c3cccc(CF)c3)N=C(N)N(C)C2=O)ccc1OC(F)F. The van der Waals surface area contributed by atoms with E-state index in [0.29, 0.717) is 28.7 Å². The topological polar surface area (TPSA) is 67.9 Å². The standard InChI is InChI=1S/C20H20F3N3O2/c1-3-13-10-15(7-8-16(13)28-18(22)23)20(17(27)26(2)19(24)25-20)14-6-4-5-12(9-14)11-21/h4-10,18H,3,11H2,1-2H3,(H2,24,25). The Balaban J connectivity index is 2.23. The molecule has 1 aliphatic heterocycles. The molecule has 5 nitrogen and oxygen atoms in total. The third kappa shape index (κ3) is 3.19. The van der Waals surface area contributed by atoms with Crippen molar-refractivity contribution in [3.8, 4) is 5.75 Å². The van der Waals surface area contributed by atoms with Crippen LogP contribution in [0.25, 0.3) is 0 Å². The van der Waals surface area contributed by atoms with Crippen molar-refractivity contribution in [1.29, 1.82) is 0 Å². The molecule has 148 valence electrons. The fraction of sp³-hybridized carbons (Fsp3) is 0.300. The molecule has 1 amide bonds. The highest BCUT2D eigenvalue weighted by Crippen LogP contribution is 2.41. The summed E-state index contributed by atoms with van der Waals surface area (Å²) in [6.45, 7) is -1.87. The molecule has 0 radical (unpaired) electrons. The van der Waals surface area contributed by atoms with E-state index in [2.05, 4.69) is 9.73 Å². The lowest BCUT2D eigenvalue weighted by atomic mass is 9.81. The Morgan fingerprint density at radius 2 is 1.93 bits per heavy atom. The quantitative estimate of drug-likeness (QED) is 0.821. The first kappa shape index (κ1) is 19.7. The smallest absolute Gasteiger partial charge is 0.387 e. The van der Waals surface area contributed by atoms with Crippen molar-refractivity contribution in [3.63, 3.8) is 0 Å². The highest BCUT2D eigenvalue weighted by molar-refractivity contribution is 6.08. The van der Waals surface area contributed by atoms with E-state index in [9.17, 15) is 18.0 Å². The first-order valence-electron chi connectivity index (χ1n) is 8.70. The van der Waals surface area contributed by atoms with Crippen LogP contribution in [0.4, 0.5) is 13.2 Å². The van der Waals surface area contributed by atoms with Gasteiger partial charge < -0.3 is 10.5 Å². The van der Waals surface area contributed by atoms with Crippen LogP contribution in [-0.4, -0.2) is 30.4 Å². The monoisotopic (exact) mass is 391 g/mol. The molecule has 0 saturated heterocycles. The first-order chi connectivity index (χ1) is 13.3. The van der Waals surface area contributed by atoms with Gasteiger partial charge in [0, 0.05) is 7.05 Å². The Bertz CT molecular complexity index is 933. The van der Waals surface area contributed by atoms with Crippen molar-refractivity contribution in [3.05, 3.63) is 64.7 Å². The Labute approximate surface area is 160 Å². The molecule has 0 aromatic heterocycles. The second-order valence-electron chi connectivity index (χ2n) is 6.43. The largest absolute Gasteiger partial charge is 0.435 e. The fourth-order valence-corrected chi connectivity index (χ4v) is 3.36. The molecule has 0 fully saturated rings. The molecule has 2 aromatic carbocycles. The van der Waals surface area contributed by atoms with Crippen LogP contribution in [0.15, 0.2) is 47.5 Å². The van der Waals surface area contributed by atoms with Crippen molar-refractivity contribution < 1.29 is 22.7 Å². The number of halogens is 3. The zero-order valence-corrected chi connectivity index (χ0v) is 15.5. The van der Waals surface area contributed by atoms with E-state index in [-0.39, 0.29) is 11.7 Å². The number of carbonyl (C=O) groups is 1. The number of aryl methyl sites for hydroxylation is 1. The molecule has 1 heterocycles. The van der Waals surface area contributed by atoms with Crippen molar-refractivity contribution in [2.24, 2.45) is 10.7 Å². The number of ether oxygens (including phenoxy) is 1. The lowest BCUT2D eigenvalue weighted by Crippen LogP contribution is -2.41. The minimum Gasteiger partial charge on any atom is -0.435 e. The summed E-state index contributed by atoms with van der Waals surface area (Å²) in [4.78, 5) is 18.8. The molecule has 0 bridgehead atoms. The zero-order valence-electron chi connectivity index (χ0n) is 15.5. The predicted molar refractivity (Wildman–Crippen MR) is 98.9 cm³/mol. The summed E-state index contributed by atoms with van der Waals surface area (Å²) < 4.78 is 43.1. The van der Waals surface area contributed by atoms with Crippen LogP contribution in [0, 0.1) is 0 Å². The number of aliphatic imine (C=N–C) groups is 1. The van der Waals surface area contributed by atoms with Gasteiger partial charge in [0.1, 0.15) is 12.4 Å². The molecule has 0 saturated carbocycles. The minimum atomic E-state index is -2.96. The average Bonchev–Trinajstić information content (AvgIpc) is 2.92. The van der Waals surface area contributed by atoms with Gasteiger partial charge in [0.2, 0.25) is 0 Å². The lowest BCUT2D eigenvalue weighted by Gasteiger charge is -2.27. The maximum absolute atomic E-state index is 13.2. The highest BCUT2D eigenvalue weighted by atomic mass is 19.3. The van der Waals surface area contributed by atoms with E-state index in [4.69, 9.17) is 5.73 Å². The van der Waals surface area contributed by atoms with Gasteiger partial charge in [-0.3, -0.25) is 9.69 Å². The van der Waals surface area contributed by atoms with Gasteiger partial charge in [-0.15, -0.1) is 0 Å². The molecular formula is C20H20F3N3O2. The second-order valence-corrected chi connectivity index (χ2v) is 6.43. The second kappa shape index (κ2) is 7.53. The van der Waals surface area contributed by atoms with Gasteiger partial charge in [0.05, 0.1) is 0 Å². The number of hydrogen-bond donors (Lipinski definition) is 1. The number of likely N-dealkylation sites (N-methyl/N-ethyl adjacent to an activating group) is 1. The molecule has 0 spiro atoms. The lowest BCUT2D eigenvalue weighted by molar-refractivity contribution is -0.129. The van der Waals surface area contributed by atoms with Gasteiger partial charge in [0.15, 0.2) is 11.5 Å². The van der Waals surface area contributed by atoms with Crippen LogP contribution >= 0.6 is 0 Å². The molecular weight excluding hydrogens is 371 g/mol. The van der Waals surface area contributed by atoms with Crippen LogP contribution in [0.1, 0.15) is 29.2 Å². The molecule has 8 heteroatoms. The van der Waals surface area contributed by atoms with Gasteiger partial charge in [-0.05, 0) is 46.9 Å². The summed E-state index contributed by atoms with van der Waals surface area (Å²) in [5.41, 5.74) is 6.17. The molecule has 2 aromatic rings. The molecule has 1 atom stereocenters. The Hall–Kier alpha value is -3.03. The summed E-state index contributed by atoms with van der Waals surface area (Å²) in [5.74, 6) is -0.364. The zero-order chi connectivity index (χ0) is 20.5. The van der Waals surface area contributed by atoms with Crippen molar-refractivity contribution in [1.82, 2.24) is 4.90 Å². The predicted octanol–water partition coefficient (Wildman–Crippen LogP) is 3.35. The van der Waals surface area contributed by atoms with E-state index in [1.54, 1.807) is 37.3 Å². The van der Waals surface area contributed by atoms with Crippen molar-refractivity contribution in [2.75, 3.05) is 7.05 Å². The number of nitrogens with two attached hydrogens (primary N) is 1. The molecule has 1 aliphatic rings. The number of benzene rings is 2. The van der Waals surface area contributed by atoms with Crippen LogP contribution < -0.4 is 10.5 Å². The van der Waals surface area contributed by atoms with Crippen LogP contribution in [0.3, 0.4) is 0 Å². The van der Waals surface area contributed by atoms with Gasteiger partial charge in [-0.2, -0.15) is 8.78 Å². The van der Waals surface area contributed by atoms with Crippen molar-refractivity contribution in [2.45, 2.75) is 32.2 Å². The maximum Gasteiger partial charge on any atom is 0.387 e. The summed E-state index contributed by atoms with van der Waals surface area (Å²) >= 11 is 0. The maximum atomic E-state index is 13.2. The van der Waals surface area contributed by atoms with Crippen LogP contribution in [0.2, 0.25) is 0 Å². The van der Waals surface area contributed by atoms with Crippen molar-refractivity contribution >= 4 is 11.9 Å². The van der Waals surface area contributed by atoms with E-state index < -0.39 is 24.7 Å². The summed E-state index contributed by atoms with van der Waals surface area (Å²) in [7, 11) is 1.50. The third-order valence-corrected chi connectivity index (χ3v) is 4.81. The highest BCUT2D eigenvalue weighted by Gasteiger charge is 2.49.